The molecule has 0 atom stereocenters. The number of rotatable bonds is 3. The molecule has 1 aliphatic carbocycles. The van der Waals surface area contributed by atoms with Crippen LogP contribution in [0.25, 0.3) is 0 Å². The zero-order valence-corrected chi connectivity index (χ0v) is 14.4. The third kappa shape index (κ3) is 4.16. The first-order valence-corrected chi connectivity index (χ1v) is 8.79. The summed E-state index contributed by atoms with van der Waals surface area (Å²) in [7, 11) is 0. The van der Waals surface area contributed by atoms with Crippen LogP contribution in [0.4, 0.5) is 0 Å². The largest absolute Gasteiger partial charge is 0.299 e. The van der Waals surface area contributed by atoms with Crippen LogP contribution >= 0.6 is 27.3 Å². The minimum atomic E-state index is 0.305. The van der Waals surface area contributed by atoms with Gasteiger partial charge in [0.15, 0.2) is 0 Å². The molecule has 1 heterocycles. The average molecular weight is 343 g/mol. The van der Waals surface area contributed by atoms with E-state index >= 15 is 0 Å². The van der Waals surface area contributed by atoms with Crippen LogP contribution in [0.1, 0.15) is 51.3 Å². The Balaban J connectivity index is 1.86. The number of carbonyl (C=O) groups is 1. The first-order chi connectivity index (χ1) is 8.86. The second kappa shape index (κ2) is 6.09. The SMILES string of the molecule is CC(C)(C)C1CCC(C(=O)Cc2cc(Br)cs2)CC1. The van der Waals surface area contributed by atoms with Crippen LogP contribution in [0.3, 0.4) is 0 Å². The molecule has 0 N–H and O–H groups in total. The topological polar surface area (TPSA) is 17.1 Å². The van der Waals surface area contributed by atoms with E-state index in [1.807, 2.05) is 0 Å². The Bertz CT molecular complexity index is 436. The van der Waals surface area contributed by atoms with Gasteiger partial charge in [0.2, 0.25) is 0 Å². The van der Waals surface area contributed by atoms with Crippen molar-refractivity contribution in [2.45, 2.75) is 52.9 Å². The molecule has 1 aromatic rings. The maximum atomic E-state index is 12.3. The molecule has 0 spiro atoms. The van der Waals surface area contributed by atoms with Gasteiger partial charge in [-0.15, -0.1) is 11.3 Å². The summed E-state index contributed by atoms with van der Waals surface area (Å²) in [5.74, 6) is 1.54. The highest BCUT2D eigenvalue weighted by Gasteiger charge is 2.32. The Morgan fingerprint density at radius 1 is 1.32 bits per heavy atom. The van der Waals surface area contributed by atoms with Crippen LogP contribution in [0, 0.1) is 17.3 Å². The number of ketones is 1. The summed E-state index contributed by atoms with van der Waals surface area (Å²) < 4.78 is 1.09. The first-order valence-electron chi connectivity index (χ1n) is 7.12. The van der Waals surface area contributed by atoms with Crippen molar-refractivity contribution in [2.75, 3.05) is 0 Å². The fourth-order valence-electron chi connectivity index (χ4n) is 3.04. The minimum Gasteiger partial charge on any atom is -0.299 e. The number of hydrogen-bond donors (Lipinski definition) is 0. The summed E-state index contributed by atoms with van der Waals surface area (Å²) in [5, 5.41) is 2.05. The predicted octanol–water partition coefficient (Wildman–Crippen LogP) is 5.47. The van der Waals surface area contributed by atoms with Crippen molar-refractivity contribution >= 4 is 33.0 Å². The summed E-state index contributed by atoms with van der Waals surface area (Å²) >= 11 is 5.13. The van der Waals surface area contributed by atoms with Crippen molar-refractivity contribution in [1.29, 1.82) is 0 Å². The van der Waals surface area contributed by atoms with E-state index in [1.165, 1.54) is 17.7 Å². The molecule has 19 heavy (non-hydrogen) atoms. The summed E-state index contributed by atoms with van der Waals surface area (Å²) in [4.78, 5) is 13.5. The van der Waals surface area contributed by atoms with E-state index in [2.05, 4.69) is 48.1 Å². The first kappa shape index (κ1) is 15.2. The number of carbonyl (C=O) groups excluding carboxylic acids is 1. The van der Waals surface area contributed by atoms with Gasteiger partial charge < -0.3 is 0 Å². The molecule has 106 valence electrons. The highest BCUT2D eigenvalue weighted by Crippen LogP contribution is 2.40. The quantitative estimate of drug-likeness (QED) is 0.711. The number of halogens is 1. The van der Waals surface area contributed by atoms with Crippen LogP contribution in [0.15, 0.2) is 15.9 Å². The lowest BCUT2D eigenvalue weighted by Crippen LogP contribution is -2.29. The van der Waals surface area contributed by atoms with E-state index in [-0.39, 0.29) is 0 Å². The third-order valence-electron chi connectivity index (χ3n) is 4.38. The Morgan fingerprint density at radius 2 is 1.95 bits per heavy atom. The van der Waals surface area contributed by atoms with Crippen LogP contribution in [0.5, 0.6) is 0 Å². The zero-order valence-electron chi connectivity index (χ0n) is 12.0. The lowest BCUT2D eigenvalue weighted by atomic mass is 9.69. The van der Waals surface area contributed by atoms with Gasteiger partial charge in [0.05, 0.1) is 0 Å². The Morgan fingerprint density at radius 3 is 2.42 bits per heavy atom. The summed E-state index contributed by atoms with van der Waals surface area (Å²) in [6, 6.07) is 2.07. The van der Waals surface area contributed by atoms with Crippen molar-refractivity contribution in [3.63, 3.8) is 0 Å². The van der Waals surface area contributed by atoms with E-state index in [0.717, 1.165) is 23.2 Å². The Labute approximate surface area is 128 Å². The summed E-state index contributed by atoms with van der Waals surface area (Å²) in [6.45, 7) is 6.97. The van der Waals surface area contributed by atoms with Gasteiger partial charge in [-0.25, -0.2) is 0 Å². The maximum absolute atomic E-state index is 12.3. The van der Waals surface area contributed by atoms with Gasteiger partial charge in [0.1, 0.15) is 5.78 Å². The molecule has 1 aromatic heterocycles. The van der Waals surface area contributed by atoms with Crippen LogP contribution < -0.4 is 0 Å². The normalized spacial score (nSPS) is 24.4. The van der Waals surface area contributed by atoms with Gasteiger partial charge in [0.25, 0.3) is 0 Å². The molecule has 1 fully saturated rings. The van der Waals surface area contributed by atoms with Crippen molar-refractivity contribution in [2.24, 2.45) is 17.3 Å². The molecule has 0 unspecified atom stereocenters. The van der Waals surface area contributed by atoms with Gasteiger partial charge in [-0.1, -0.05) is 20.8 Å². The molecular formula is C16H23BrOS. The number of Topliss-reactive ketones (excluding diaryl/α,β-unsaturated/α-hetero) is 1. The van der Waals surface area contributed by atoms with Gasteiger partial charge in [0, 0.05) is 27.1 Å². The summed E-state index contributed by atoms with van der Waals surface area (Å²) in [6.07, 6.45) is 5.24. The number of hydrogen-bond acceptors (Lipinski definition) is 2. The van der Waals surface area contributed by atoms with Crippen molar-refractivity contribution < 1.29 is 4.79 Å². The lowest BCUT2D eigenvalue weighted by Gasteiger charge is -2.36. The fraction of sp³-hybridized carbons (Fsp3) is 0.688. The van der Waals surface area contributed by atoms with Gasteiger partial charge in [-0.3, -0.25) is 4.79 Å². The van der Waals surface area contributed by atoms with Crippen LogP contribution in [0.2, 0.25) is 0 Å². The van der Waals surface area contributed by atoms with E-state index in [4.69, 9.17) is 0 Å². The van der Waals surface area contributed by atoms with E-state index in [1.54, 1.807) is 11.3 Å². The molecule has 0 aliphatic heterocycles. The molecule has 0 saturated heterocycles. The summed E-state index contributed by atoms with van der Waals surface area (Å²) in [5.41, 5.74) is 0.395. The van der Waals surface area contributed by atoms with Crippen molar-refractivity contribution in [3.05, 3.63) is 20.8 Å². The van der Waals surface area contributed by atoms with E-state index in [9.17, 15) is 4.79 Å². The van der Waals surface area contributed by atoms with Crippen LogP contribution in [-0.2, 0) is 11.2 Å². The zero-order chi connectivity index (χ0) is 14.0. The number of thiophene rings is 1. The Kier molecular flexibility index (Phi) is 4.88. The minimum absolute atomic E-state index is 0.305. The van der Waals surface area contributed by atoms with Crippen molar-refractivity contribution in [1.82, 2.24) is 0 Å². The standard InChI is InChI=1S/C16H23BrOS/c1-16(2,3)12-6-4-11(5-7-12)15(18)9-14-8-13(17)10-19-14/h8,10-12H,4-7,9H2,1-3H3. The predicted molar refractivity (Wildman–Crippen MR) is 85.6 cm³/mol. The molecule has 1 nitrogen and oxygen atoms in total. The monoisotopic (exact) mass is 342 g/mol. The van der Waals surface area contributed by atoms with Gasteiger partial charge in [-0.2, -0.15) is 0 Å². The third-order valence-corrected chi connectivity index (χ3v) is 6.08. The second-order valence-corrected chi connectivity index (χ2v) is 8.70. The second-order valence-electron chi connectivity index (χ2n) is 6.79. The molecule has 0 amide bonds. The Hall–Kier alpha value is -0.150. The molecule has 1 aliphatic rings. The molecule has 1 saturated carbocycles. The highest BCUT2D eigenvalue weighted by atomic mass is 79.9. The maximum Gasteiger partial charge on any atom is 0.141 e. The van der Waals surface area contributed by atoms with Gasteiger partial charge >= 0.3 is 0 Å². The highest BCUT2D eigenvalue weighted by molar-refractivity contribution is 9.10. The fourth-order valence-corrected chi connectivity index (χ4v) is 4.50. The molecular weight excluding hydrogens is 320 g/mol. The molecule has 0 aromatic carbocycles. The molecule has 0 radical (unpaired) electrons. The average Bonchev–Trinajstić information content (AvgIpc) is 2.74. The van der Waals surface area contributed by atoms with E-state index < -0.39 is 0 Å². The molecule has 0 bridgehead atoms. The van der Waals surface area contributed by atoms with Gasteiger partial charge in [-0.05, 0) is 59.0 Å². The van der Waals surface area contributed by atoms with Crippen LogP contribution in [-0.4, -0.2) is 5.78 Å². The molecule has 2 rings (SSSR count). The van der Waals surface area contributed by atoms with Crippen molar-refractivity contribution in [3.8, 4) is 0 Å². The lowest BCUT2D eigenvalue weighted by molar-refractivity contribution is -0.123. The smallest absolute Gasteiger partial charge is 0.141 e. The van der Waals surface area contributed by atoms with E-state index in [0.29, 0.717) is 23.5 Å². The molecule has 3 heteroatoms.